The van der Waals surface area contributed by atoms with Gasteiger partial charge in [0.25, 0.3) is 5.91 Å². The van der Waals surface area contributed by atoms with Crippen LogP contribution in [-0.2, 0) is 0 Å². The van der Waals surface area contributed by atoms with Gasteiger partial charge in [-0.1, -0.05) is 0 Å². The minimum Gasteiger partial charge on any atom is -0.388 e. The summed E-state index contributed by atoms with van der Waals surface area (Å²) in [4.78, 5) is 13.7. The van der Waals surface area contributed by atoms with Gasteiger partial charge in [-0.2, -0.15) is 0 Å². The molecule has 1 saturated heterocycles. The van der Waals surface area contributed by atoms with Gasteiger partial charge in [0.1, 0.15) is 5.69 Å². The molecule has 1 aromatic heterocycles. The monoisotopic (exact) mass is 238 g/mol. The number of nitrogens with zero attached hydrogens (tertiary/aromatic N) is 2. The van der Waals surface area contributed by atoms with Crippen molar-refractivity contribution < 1.29 is 15.0 Å². The number of hydrogen-bond donors (Lipinski definition) is 2. The van der Waals surface area contributed by atoms with Gasteiger partial charge in [-0.05, 0) is 26.0 Å². The SMILES string of the molecule is CC(C)n1cccc1C(=O)N1C[C@@H](O)[C@@H](O)C1. The first-order valence-electron chi connectivity index (χ1n) is 5.83. The zero-order valence-electron chi connectivity index (χ0n) is 10.1. The number of aromatic nitrogens is 1. The Morgan fingerprint density at radius 2 is 1.94 bits per heavy atom. The molecule has 1 aromatic rings. The Hall–Kier alpha value is -1.33. The van der Waals surface area contributed by atoms with Crippen LogP contribution < -0.4 is 0 Å². The molecule has 0 bridgehead atoms. The molecule has 2 heterocycles. The maximum atomic E-state index is 12.2. The van der Waals surface area contributed by atoms with Crippen LogP contribution in [0.15, 0.2) is 18.3 Å². The van der Waals surface area contributed by atoms with E-state index in [-0.39, 0.29) is 25.0 Å². The molecule has 94 valence electrons. The first-order chi connectivity index (χ1) is 8.00. The topological polar surface area (TPSA) is 65.7 Å². The van der Waals surface area contributed by atoms with Crippen LogP contribution in [-0.4, -0.2) is 50.9 Å². The quantitative estimate of drug-likeness (QED) is 0.776. The van der Waals surface area contributed by atoms with Crippen LogP contribution in [0.4, 0.5) is 0 Å². The molecule has 1 fully saturated rings. The fraction of sp³-hybridized carbons (Fsp3) is 0.583. The highest BCUT2D eigenvalue weighted by atomic mass is 16.3. The number of amides is 1. The molecule has 2 rings (SSSR count). The van der Waals surface area contributed by atoms with Crippen LogP contribution in [0.5, 0.6) is 0 Å². The van der Waals surface area contributed by atoms with E-state index in [1.54, 1.807) is 6.07 Å². The van der Waals surface area contributed by atoms with Crippen LogP contribution in [0.2, 0.25) is 0 Å². The minimum absolute atomic E-state index is 0.140. The molecule has 0 unspecified atom stereocenters. The second kappa shape index (κ2) is 4.50. The molecule has 1 aliphatic heterocycles. The summed E-state index contributed by atoms with van der Waals surface area (Å²) in [6, 6.07) is 3.80. The van der Waals surface area contributed by atoms with E-state index >= 15 is 0 Å². The molecule has 2 N–H and O–H groups in total. The lowest BCUT2D eigenvalue weighted by atomic mass is 10.3. The van der Waals surface area contributed by atoms with E-state index in [2.05, 4.69) is 0 Å². The van der Waals surface area contributed by atoms with E-state index in [4.69, 9.17) is 0 Å². The minimum atomic E-state index is -0.832. The van der Waals surface area contributed by atoms with Gasteiger partial charge in [-0.15, -0.1) is 0 Å². The van der Waals surface area contributed by atoms with E-state index in [9.17, 15) is 15.0 Å². The van der Waals surface area contributed by atoms with Crippen molar-refractivity contribution >= 4 is 5.91 Å². The first kappa shape index (κ1) is 12.1. The van der Waals surface area contributed by atoms with E-state index in [1.165, 1.54) is 4.90 Å². The lowest BCUT2D eigenvalue weighted by Gasteiger charge is -2.18. The number of aliphatic hydroxyl groups is 2. The van der Waals surface area contributed by atoms with Gasteiger partial charge in [0.05, 0.1) is 12.2 Å². The molecule has 0 saturated carbocycles. The fourth-order valence-corrected chi connectivity index (χ4v) is 2.12. The molecule has 0 aliphatic carbocycles. The smallest absolute Gasteiger partial charge is 0.270 e. The Kier molecular flexibility index (Phi) is 3.22. The van der Waals surface area contributed by atoms with Gasteiger partial charge in [-0.25, -0.2) is 0 Å². The van der Waals surface area contributed by atoms with E-state index in [0.29, 0.717) is 5.69 Å². The molecule has 0 spiro atoms. The van der Waals surface area contributed by atoms with Crippen LogP contribution in [0.25, 0.3) is 0 Å². The lowest BCUT2D eigenvalue weighted by Crippen LogP contribution is -2.31. The first-order valence-corrected chi connectivity index (χ1v) is 5.83. The van der Waals surface area contributed by atoms with Crippen LogP contribution in [0.3, 0.4) is 0 Å². The highest BCUT2D eigenvalue weighted by molar-refractivity contribution is 5.93. The van der Waals surface area contributed by atoms with Crippen molar-refractivity contribution in [1.82, 2.24) is 9.47 Å². The Balaban J connectivity index is 2.18. The van der Waals surface area contributed by atoms with Gasteiger partial charge >= 0.3 is 0 Å². The largest absolute Gasteiger partial charge is 0.388 e. The molecular formula is C12H18N2O3. The van der Waals surface area contributed by atoms with Gasteiger partial charge < -0.3 is 19.7 Å². The Bertz CT molecular complexity index is 404. The maximum Gasteiger partial charge on any atom is 0.270 e. The Labute approximate surface area is 100 Å². The summed E-state index contributed by atoms with van der Waals surface area (Å²) in [5, 5.41) is 18.9. The molecule has 1 amide bonds. The summed E-state index contributed by atoms with van der Waals surface area (Å²) in [7, 11) is 0. The lowest BCUT2D eigenvalue weighted by molar-refractivity contribution is 0.0572. The van der Waals surface area contributed by atoms with E-state index in [0.717, 1.165) is 0 Å². The number of likely N-dealkylation sites (tertiary alicyclic amines) is 1. The molecule has 1 aliphatic rings. The standard InChI is InChI=1S/C12H18N2O3/c1-8(2)14-5-3-4-9(14)12(17)13-6-10(15)11(16)7-13/h3-5,8,10-11,15-16H,6-7H2,1-2H3/t10-,11+. The number of aliphatic hydroxyl groups excluding tert-OH is 2. The van der Waals surface area contributed by atoms with Crippen molar-refractivity contribution in [2.75, 3.05) is 13.1 Å². The third kappa shape index (κ3) is 2.21. The molecule has 2 atom stereocenters. The third-order valence-electron chi connectivity index (χ3n) is 3.10. The van der Waals surface area contributed by atoms with Gasteiger partial charge in [0.15, 0.2) is 0 Å². The predicted octanol–water partition coefficient (Wildman–Crippen LogP) is 0.247. The summed E-state index contributed by atoms with van der Waals surface area (Å²) < 4.78 is 1.89. The van der Waals surface area contributed by atoms with Gasteiger partial charge in [0, 0.05) is 25.3 Å². The summed E-state index contributed by atoms with van der Waals surface area (Å²) >= 11 is 0. The van der Waals surface area contributed by atoms with Crippen molar-refractivity contribution in [3.8, 4) is 0 Å². The summed E-state index contributed by atoms with van der Waals surface area (Å²) in [6.45, 7) is 4.40. The van der Waals surface area contributed by atoms with Crippen molar-refractivity contribution in [1.29, 1.82) is 0 Å². The zero-order chi connectivity index (χ0) is 12.6. The molecular weight excluding hydrogens is 220 g/mol. The number of rotatable bonds is 2. The van der Waals surface area contributed by atoms with Crippen molar-refractivity contribution in [2.45, 2.75) is 32.1 Å². The zero-order valence-corrected chi connectivity index (χ0v) is 10.1. The average Bonchev–Trinajstić information content (AvgIpc) is 2.85. The highest BCUT2D eigenvalue weighted by Gasteiger charge is 2.33. The van der Waals surface area contributed by atoms with Crippen molar-refractivity contribution in [3.05, 3.63) is 24.0 Å². The van der Waals surface area contributed by atoms with Crippen LogP contribution >= 0.6 is 0 Å². The van der Waals surface area contributed by atoms with E-state index < -0.39 is 12.2 Å². The molecule has 0 radical (unpaired) electrons. The van der Waals surface area contributed by atoms with Crippen LogP contribution in [0, 0.1) is 0 Å². The number of carbonyl (C=O) groups excluding carboxylic acids is 1. The van der Waals surface area contributed by atoms with Crippen LogP contribution in [0.1, 0.15) is 30.4 Å². The van der Waals surface area contributed by atoms with Gasteiger partial charge in [-0.3, -0.25) is 4.79 Å². The molecule has 5 nitrogen and oxygen atoms in total. The molecule has 5 heteroatoms. The summed E-state index contributed by atoms with van der Waals surface area (Å²) in [6.07, 6.45) is 0.198. The third-order valence-corrected chi connectivity index (χ3v) is 3.10. The second-order valence-corrected chi connectivity index (χ2v) is 4.74. The normalized spacial score (nSPS) is 24.6. The second-order valence-electron chi connectivity index (χ2n) is 4.74. The molecule has 17 heavy (non-hydrogen) atoms. The summed E-state index contributed by atoms with van der Waals surface area (Å²) in [5.74, 6) is -0.140. The number of carbonyl (C=O) groups is 1. The Morgan fingerprint density at radius 3 is 2.47 bits per heavy atom. The fourth-order valence-electron chi connectivity index (χ4n) is 2.12. The summed E-state index contributed by atoms with van der Waals surface area (Å²) in [5.41, 5.74) is 0.598. The average molecular weight is 238 g/mol. The number of β-amino-alcohol motifs (C(OH)–C–C–N with tert-alkyl or cyclic N) is 2. The van der Waals surface area contributed by atoms with Crippen molar-refractivity contribution in [3.63, 3.8) is 0 Å². The van der Waals surface area contributed by atoms with Gasteiger partial charge in [0.2, 0.25) is 0 Å². The van der Waals surface area contributed by atoms with E-state index in [1.807, 2.05) is 30.7 Å². The predicted molar refractivity (Wildman–Crippen MR) is 62.7 cm³/mol. The maximum absolute atomic E-state index is 12.2. The van der Waals surface area contributed by atoms with Crippen molar-refractivity contribution in [2.24, 2.45) is 0 Å². The highest BCUT2D eigenvalue weighted by Crippen LogP contribution is 2.17. The number of hydrogen-bond acceptors (Lipinski definition) is 3. The Morgan fingerprint density at radius 1 is 1.35 bits per heavy atom. The molecule has 0 aromatic carbocycles.